The van der Waals surface area contributed by atoms with Crippen LogP contribution >= 0.6 is 11.8 Å². The zero-order valence-corrected chi connectivity index (χ0v) is 15.9. The van der Waals surface area contributed by atoms with E-state index in [-0.39, 0.29) is 30.6 Å². The number of amides is 2. The minimum atomic E-state index is -0.557. The lowest BCUT2D eigenvalue weighted by atomic mass is 10.2. The number of anilines is 2. The van der Waals surface area contributed by atoms with Crippen molar-refractivity contribution < 1.29 is 23.1 Å². The molecule has 2 amide bonds. The van der Waals surface area contributed by atoms with Crippen molar-refractivity contribution in [3.63, 3.8) is 0 Å². The van der Waals surface area contributed by atoms with E-state index in [1.165, 1.54) is 17.2 Å². The first-order valence-electron chi connectivity index (χ1n) is 9.04. The lowest BCUT2D eigenvalue weighted by molar-refractivity contribution is 0.0889. The van der Waals surface area contributed by atoms with E-state index >= 15 is 0 Å². The molecule has 1 unspecified atom stereocenters. The number of hydrogen-bond acceptors (Lipinski definition) is 6. The molecule has 28 heavy (non-hydrogen) atoms. The standard InChI is InChI=1S/C19H20FN3O4S/c20-15-10-13(3-4-16(15)22-5-8-28-9-6-22)23-12-14(27-19(23)25)11-21-18(24)17-2-1-7-26-17/h1-4,7,10,14H,5-6,8-9,11-12H2,(H,21,24). The van der Waals surface area contributed by atoms with Crippen LogP contribution in [0.15, 0.2) is 41.0 Å². The number of halogens is 1. The Bertz CT molecular complexity index is 855. The Morgan fingerprint density at radius 2 is 2.11 bits per heavy atom. The fourth-order valence-electron chi connectivity index (χ4n) is 3.26. The van der Waals surface area contributed by atoms with Gasteiger partial charge in [-0.3, -0.25) is 9.69 Å². The van der Waals surface area contributed by atoms with Gasteiger partial charge in [-0.1, -0.05) is 0 Å². The number of rotatable bonds is 5. The van der Waals surface area contributed by atoms with Crippen LogP contribution in [0.5, 0.6) is 0 Å². The molecule has 1 atom stereocenters. The van der Waals surface area contributed by atoms with Crippen LogP contribution in [-0.2, 0) is 4.74 Å². The summed E-state index contributed by atoms with van der Waals surface area (Å²) in [6.45, 7) is 2.00. The number of carbonyl (C=O) groups excluding carboxylic acids is 2. The van der Waals surface area contributed by atoms with Crippen LogP contribution in [0.4, 0.5) is 20.6 Å². The van der Waals surface area contributed by atoms with Crippen LogP contribution in [0.1, 0.15) is 10.6 Å². The second-order valence-electron chi connectivity index (χ2n) is 6.54. The minimum Gasteiger partial charge on any atom is -0.459 e. The fraction of sp³-hybridized carbons (Fsp3) is 0.368. The highest BCUT2D eigenvalue weighted by Crippen LogP contribution is 2.29. The molecule has 4 rings (SSSR count). The zero-order valence-electron chi connectivity index (χ0n) is 15.1. The molecule has 2 fully saturated rings. The summed E-state index contributed by atoms with van der Waals surface area (Å²) < 4.78 is 24.9. The van der Waals surface area contributed by atoms with Crippen LogP contribution in [0, 0.1) is 5.82 Å². The van der Waals surface area contributed by atoms with Crippen LogP contribution in [-0.4, -0.2) is 55.8 Å². The smallest absolute Gasteiger partial charge is 0.414 e. The van der Waals surface area contributed by atoms with Gasteiger partial charge in [0.15, 0.2) is 5.76 Å². The number of nitrogens with zero attached hydrogens (tertiary/aromatic N) is 2. The topological polar surface area (TPSA) is 75.0 Å². The third-order valence-corrected chi connectivity index (χ3v) is 5.65. The highest BCUT2D eigenvalue weighted by atomic mass is 32.2. The van der Waals surface area contributed by atoms with Crippen LogP contribution < -0.4 is 15.1 Å². The summed E-state index contributed by atoms with van der Waals surface area (Å²) in [5, 5.41) is 2.66. The maximum Gasteiger partial charge on any atom is 0.414 e. The molecule has 0 saturated carbocycles. The van der Waals surface area contributed by atoms with Crippen molar-refractivity contribution in [2.75, 3.05) is 47.5 Å². The van der Waals surface area contributed by atoms with E-state index < -0.39 is 12.2 Å². The summed E-state index contributed by atoms with van der Waals surface area (Å²) >= 11 is 1.86. The second kappa shape index (κ2) is 8.14. The van der Waals surface area contributed by atoms with Crippen molar-refractivity contribution in [1.29, 1.82) is 0 Å². The van der Waals surface area contributed by atoms with Crippen molar-refractivity contribution in [3.05, 3.63) is 48.2 Å². The van der Waals surface area contributed by atoms with Gasteiger partial charge in [0.05, 0.1) is 30.7 Å². The Hall–Kier alpha value is -2.68. The van der Waals surface area contributed by atoms with Crippen molar-refractivity contribution in [2.45, 2.75) is 6.10 Å². The third kappa shape index (κ3) is 3.94. The van der Waals surface area contributed by atoms with Crippen molar-refractivity contribution in [3.8, 4) is 0 Å². The summed E-state index contributed by atoms with van der Waals surface area (Å²) in [4.78, 5) is 27.5. The van der Waals surface area contributed by atoms with Gasteiger partial charge < -0.3 is 19.4 Å². The molecule has 2 saturated heterocycles. The molecule has 148 valence electrons. The lowest BCUT2D eigenvalue weighted by Crippen LogP contribution is -2.34. The molecule has 9 heteroatoms. The summed E-state index contributed by atoms with van der Waals surface area (Å²) in [7, 11) is 0. The number of hydrogen-bond donors (Lipinski definition) is 1. The Kier molecular flexibility index (Phi) is 5.43. The van der Waals surface area contributed by atoms with Gasteiger partial charge in [0, 0.05) is 24.6 Å². The highest BCUT2D eigenvalue weighted by Gasteiger charge is 2.33. The Labute approximate surface area is 165 Å². The van der Waals surface area contributed by atoms with Gasteiger partial charge in [-0.25, -0.2) is 9.18 Å². The predicted molar refractivity (Wildman–Crippen MR) is 105 cm³/mol. The number of thioether (sulfide) groups is 1. The van der Waals surface area contributed by atoms with E-state index in [1.807, 2.05) is 16.7 Å². The summed E-state index contributed by atoms with van der Waals surface area (Å²) in [6.07, 6.45) is 0.333. The zero-order chi connectivity index (χ0) is 19.5. The van der Waals surface area contributed by atoms with E-state index in [0.717, 1.165) is 24.6 Å². The van der Waals surface area contributed by atoms with E-state index in [4.69, 9.17) is 9.15 Å². The van der Waals surface area contributed by atoms with Gasteiger partial charge in [-0.15, -0.1) is 0 Å². The number of carbonyl (C=O) groups is 2. The summed E-state index contributed by atoms with van der Waals surface area (Å²) in [5.74, 6) is 1.41. The quantitative estimate of drug-likeness (QED) is 0.825. The van der Waals surface area contributed by atoms with E-state index in [9.17, 15) is 14.0 Å². The molecule has 7 nitrogen and oxygen atoms in total. The lowest BCUT2D eigenvalue weighted by Gasteiger charge is -2.29. The molecular formula is C19H20FN3O4S. The maximum atomic E-state index is 14.6. The molecule has 1 aromatic carbocycles. The molecule has 1 aromatic heterocycles. The van der Waals surface area contributed by atoms with Gasteiger partial charge in [-0.2, -0.15) is 11.8 Å². The van der Waals surface area contributed by atoms with Gasteiger partial charge in [0.2, 0.25) is 0 Å². The van der Waals surface area contributed by atoms with E-state index in [2.05, 4.69) is 5.32 Å². The highest BCUT2D eigenvalue weighted by molar-refractivity contribution is 7.99. The first-order chi connectivity index (χ1) is 13.6. The molecule has 1 N–H and O–H groups in total. The normalized spacial score (nSPS) is 19.6. The maximum absolute atomic E-state index is 14.6. The molecule has 2 aromatic rings. The molecule has 2 aliphatic heterocycles. The summed E-state index contributed by atoms with van der Waals surface area (Å²) in [6, 6.07) is 7.97. The van der Waals surface area contributed by atoms with Crippen LogP contribution in [0.2, 0.25) is 0 Å². The van der Waals surface area contributed by atoms with Crippen molar-refractivity contribution >= 4 is 35.1 Å². The molecule has 0 spiro atoms. The van der Waals surface area contributed by atoms with E-state index in [0.29, 0.717) is 11.4 Å². The molecular weight excluding hydrogens is 385 g/mol. The second-order valence-corrected chi connectivity index (χ2v) is 7.76. The number of nitrogens with one attached hydrogen (secondary N) is 1. The van der Waals surface area contributed by atoms with Crippen molar-refractivity contribution in [1.82, 2.24) is 5.32 Å². The fourth-order valence-corrected chi connectivity index (χ4v) is 4.17. The molecule has 0 aliphatic carbocycles. The molecule has 2 aliphatic rings. The monoisotopic (exact) mass is 405 g/mol. The first-order valence-corrected chi connectivity index (χ1v) is 10.2. The summed E-state index contributed by atoms with van der Waals surface area (Å²) in [5.41, 5.74) is 0.997. The predicted octanol–water partition coefficient (Wildman–Crippen LogP) is 2.73. The number of ether oxygens (including phenoxy) is 1. The van der Waals surface area contributed by atoms with Gasteiger partial charge >= 0.3 is 6.09 Å². The average Bonchev–Trinajstić information content (AvgIpc) is 3.37. The largest absolute Gasteiger partial charge is 0.459 e. The Morgan fingerprint density at radius 1 is 1.29 bits per heavy atom. The molecule has 3 heterocycles. The van der Waals surface area contributed by atoms with Gasteiger partial charge in [0.25, 0.3) is 5.91 Å². The average molecular weight is 405 g/mol. The number of cyclic esters (lactones) is 1. The van der Waals surface area contributed by atoms with Crippen LogP contribution in [0.25, 0.3) is 0 Å². The minimum absolute atomic E-state index is 0.147. The van der Waals surface area contributed by atoms with Crippen LogP contribution in [0.3, 0.4) is 0 Å². The third-order valence-electron chi connectivity index (χ3n) is 4.70. The number of benzene rings is 1. The first kappa shape index (κ1) is 18.7. The Balaban J connectivity index is 1.38. The number of furan rings is 1. The van der Waals surface area contributed by atoms with Crippen molar-refractivity contribution in [2.24, 2.45) is 0 Å². The molecule has 0 radical (unpaired) electrons. The van der Waals surface area contributed by atoms with Gasteiger partial charge in [-0.05, 0) is 30.3 Å². The van der Waals surface area contributed by atoms with E-state index in [1.54, 1.807) is 24.3 Å². The molecule has 0 bridgehead atoms. The van der Waals surface area contributed by atoms with Gasteiger partial charge in [0.1, 0.15) is 11.9 Å². The Morgan fingerprint density at radius 3 is 2.82 bits per heavy atom. The SMILES string of the molecule is O=C(NCC1CN(c2ccc(N3CCSCC3)c(F)c2)C(=O)O1)c1ccco1.